The number of para-hydroxylation sites is 1. The molecule has 2 heterocycles. The van der Waals surface area contributed by atoms with Crippen LogP contribution in [0.15, 0.2) is 59.5 Å². The number of carbonyl (C=O) groups excluding carboxylic acids is 1. The van der Waals surface area contributed by atoms with Gasteiger partial charge in [-0.05, 0) is 60.7 Å². The van der Waals surface area contributed by atoms with Crippen molar-refractivity contribution in [2.45, 2.75) is 57.6 Å². The zero-order valence-electron chi connectivity index (χ0n) is 21.1. The van der Waals surface area contributed by atoms with E-state index >= 15 is 0 Å². The van der Waals surface area contributed by atoms with Crippen LogP contribution in [0.4, 0.5) is 0 Å². The highest BCUT2D eigenvalue weighted by molar-refractivity contribution is 7.89. The average molecular weight is 528 g/mol. The van der Waals surface area contributed by atoms with Crippen molar-refractivity contribution in [2.75, 3.05) is 13.2 Å². The molecule has 2 unspecified atom stereocenters. The molecule has 0 spiro atoms. The molecule has 0 amide bonds. The lowest BCUT2D eigenvalue weighted by Gasteiger charge is -2.25. The largest absolute Gasteiger partial charge is 0.488 e. The van der Waals surface area contributed by atoms with Crippen molar-refractivity contribution in [3.8, 4) is 5.75 Å². The van der Waals surface area contributed by atoms with Crippen LogP contribution in [0.3, 0.4) is 0 Å². The number of carbonyl (C=O) groups is 1. The number of aliphatic hydroxyl groups is 1. The summed E-state index contributed by atoms with van der Waals surface area (Å²) >= 11 is 1.52. The second-order valence-electron chi connectivity index (χ2n) is 9.66. The lowest BCUT2D eigenvalue weighted by Crippen LogP contribution is -2.37. The number of Topliss-reactive ketones (excluding diaryl/α,β-unsaturated/α-hetero) is 1. The predicted molar refractivity (Wildman–Crippen MR) is 142 cm³/mol. The molecule has 0 fully saturated rings. The lowest BCUT2D eigenvalue weighted by molar-refractivity contribution is 0.102. The third kappa shape index (κ3) is 5.42. The van der Waals surface area contributed by atoms with Gasteiger partial charge < -0.3 is 9.84 Å². The van der Waals surface area contributed by atoms with E-state index in [1.165, 1.54) is 15.6 Å². The van der Waals surface area contributed by atoms with Crippen LogP contribution in [0.5, 0.6) is 5.75 Å². The molecule has 0 bridgehead atoms. The zero-order valence-corrected chi connectivity index (χ0v) is 22.7. The number of aryl methyl sites for hydroxylation is 1. The van der Waals surface area contributed by atoms with Gasteiger partial charge in [0.2, 0.25) is 10.0 Å². The second-order valence-corrected chi connectivity index (χ2v) is 12.7. The van der Waals surface area contributed by atoms with Crippen molar-refractivity contribution in [3.63, 3.8) is 0 Å². The molecule has 2 aromatic carbocycles. The summed E-state index contributed by atoms with van der Waals surface area (Å²) in [6.07, 6.45) is -0.109. The minimum atomic E-state index is -3.80. The van der Waals surface area contributed by atoms with Gasteiger partial charge in [-0.15, -0.1) is 11.3 Å². The van der Waals surface area contributed by atoms with E-state index in [1.807, 2.05) is 25.1 Å². The third-order valence-electron chi connectivity index (χ3n) is 6.64. The summed E-state index contributed by atoms with van der Waals surface area (Å²) in [5.74, 6) is 0.761. The summed E-state index contributed by atoms with van der Waals surface area (Å²) in [6, 6.07) is 16.8. The van der Waals surface area contributed by atoms with Crippen LogP contribution in [0.25, 0.3) is 0 Å². The van der Waals surface area contributed by atoms with Crippen molar-refractivity contribution in [1.29, 1.82) is 0 Å². The Labute approximate surface area is 217 Å². The van der Waals surface area contributed by atoms with E-state index in [4.69, 9.17) is 4.74 Å². The van der Waals surface area contributed by atoms with Gasteiger partial charge >= 0.3 is 0 Å². The summed E-state index contributed by atoms with van der Waals surface area (Å²) in [5, 5.41) is 9.53. The van der Waals surface area contributed by atoms with Crippen molar-refractivity contribution >= 4 is 27.1 Å². The molecule has 1 aliphatic heterocycles. The number of aliphatic hydroxyl groups excluding tert-OH is 1. The highest BCUT2D eigenvalue weighted by Gasteiger charge is 2.35. The molecule has 0 saturated heterocycles. The number of nitrogens with zero attached hydrogens (tertiary/aromatic N) is 1. The van der Waals surface area contributed by atoms with Gasteiger partial charge in [0, 0.05) is 30.4 Å². The Bertz CT molecular complexity index is 1350. The first kappa shape index (κ1) is 26.5. The highest BCUT2D eigenvalue weighted by atomic mass is 32.2. The second kappa shape index (κ2) is 10.8. The van der Waals surface area contributed by atoms with Crippen molar-refractivity contribution in [1.82, 2.24) is 4.31 Å². The van der Waals surface area contributed by atoms with Crippen LogP contribution in [0, 0.1) is 12.8 Å². The van der Waals surface area contributed by atoms with E-state index in [2.05, 4.69) is 26.0 Å². The minimum absolute atomic E-state index is 0.0599. The number of fused-ring (bicyclic) bond motifs is 1. The Morgan fingerprint density at radius 1 is 1.17 bits per heavy atom. The maximum atomic E-state index is 13.7. The molecule has 6 nitrogen and oxygen atoms in total. The average Bonchev–Trinajstić information content (AvgIpc) is 3.27. The molecule has 2 atom stereocenters. The smallest absolute Gasteiger partial charge is 0.247 e. The Morgan fingerprint density at radius 2 is 1.92 bits per heavy atom. The minimum Gasteiger partial charge on any atom is -0.488 e. The topological polar surface area (TPSA) is 83.9 Å². The molecule has 0 saturated carbocycles. The van der Waals surface area contributed by atoms with E-state index in [-0.39, 0.29) is 42.2 Å². The first-order chi connectivity index (χ1) is 17.1. The highest BCUT2D eigenvalue weighted by Crippen LogP contribution is 2.38. The fourth-order valence-corrected chi connectivity index (χ4v) is 7.49. The van der Waals surface area contributed by atoms with Gasteiger partial charge in [0.1, 0.15) is 16.7 Å². The molecular weight excluding hydrogens is 494 g/mol. The van der Waals surface area contributed by atoms with Gasteiger partial charge in [0.05, 0.1) is 11.4 Å². The Hall–Kier alpha value is -2.52. The number of ketones is 1. The fraction of sp³-hybridized carbons (Fsp3) is 0.393. The van der Waals surface area contributed by atoms with Crippen LogP contribution >= 0.6 is 11.3 Å². The van der Waals surface area contributed by atoms with E-state index in [0.717, 1.165) is 26.4 Å². The summed E-state index contributed by atoms with van der Waals surface area (Å²) < 4.78 is 34.8. The fourth-order valence-electron chi connectivity index (χ4n) is 4.72. The number of sulfonamides is 1. The first-order valence-corrected chi connectivity index (χ1v) is 14.4. The van der Waals surface area contributed by atoms with Crippen LogP contribution in [-0.4, -0.2) is 42.9 Å². The van der Waals surface area contributed by atoms with Crippen LogP contribution in [-0.2, 0) is 16.6 Å². The van der Waals surface area contributed by atoms with E-state index in [0.29, 0.717) is 12.2 Å². The summed E-state index contributed by atoms with van der Waals surface area (Å²) in [4.78, 5) is 13.9. The molecule has 3 aromatic rings. The molecule has 0 radical (unpaired) electrons. The SMILES string of the molecule is CC(=O)c1ccc(C(c2ccc(C)c(CN3CC(CCO)Oc4ccccc4S3(=O)=O)c2)C(C)C)s1. The predicted octanol–water partition coefficient (Wildman–Crippen LogP) is 5.38. The molecule has 8 heteroatoms. The molecule has 192 valence electrons. The molecule has 0 aliphatic carbocycles. The maximum Gasteiger partial charge on any atom is 0.247 e. The Morgan fingerprint density at radius 3 is 2.58 bits per heavy atom. The van der Waals surface area contributed by atoms with Gasteiger partial charge in [-0.1, -0.05) is 44.2 Å². The quantitative estimate of drug-likeness (QED) is 0.398. The summed E-state index contributed by atoms with van der Waals surface area (Å²) in [5.41, 5.74) is 3.02. The number of rotatable bonds is 8. The monoisotopic (exact) mass is 527 g/mol. The van der Waals surface area contributed by atoms with E-state index in [9.17, 15) is 18.3 Å². The number of ether oxygens (including phenoxy) is 1. The number of thiophene rings is 1. The number of benzene rings is 2. The van der Waals surface area contributed by atoms with Crippen LogP contribution in [0.1, 0.15) is 64.3 Å². The normalized spacial score (nSPS) is 18.3. The van der Waals surface area contributed by atoms with Gasteiger partial charge in [-0.25, -0.2) is 8.42 Å². The molecule has 36 heavy (non-hydrogen) atoms. The standard InChI is InChI=1S/C28H33NO5S2/c1-18(2)28(26-12-11-25(35-26)20(4)31)21-10-9-19(3)22(15-21)16-29-17-23(13-14-30)34-24-7-5-6-8-27(24)36(29,32)33/h5-12,15,18,23,28,30H,13-14,16-17H2,1-4H3. The van der Waals surface area contributed by atoms with Crippen molar-refractivity contribution in [2.24, 2.45) is 5.92 Å². The first-order valence-electron chi connectivity index (χ1n) is 12.2. The third-order valence-corrected chi connectivity index (χ3v) is 9.77. The van der Waals surface area contributed by atoms with Gasteiger partial charge in [-0.2, -0.15) is 4.31 Å². The molecular formula is C28H33NO5S2. The molecule has 1 N–H and O–H groups in total. The zero-order chi connectivity index (χ0) is 26.0. The number of hydrogen-bond acceptors (Lipinski definition) is 6. The van der Waals surface area contributed by atoms with Gasteiger partial charge in [-0.3, -0.25) is 4.79 Å². The van der Waals surface area contributed by atoms with Gasteiger partial charge in [0.25, 0.3) is 0 Å². The van der Waals surface area contributed by atoms with E-state index in [1.54, 1.807) is 31.2 Å². The number of hydrogen-bond donors (Lipinski definition) is 1. The van der Waals surface area contributed by atoms with Crippen LogP contribution < -0.4 is 4.74 Å². The summed E-state index contributed by atoms with van der Waals surface area (Å²) in [6.45, 7) is 8.15. The van der Waals surface area contributed by atoms with Crippen molar-refractivity contribution < 1.29 is 23.1 Å². The maximum absolute atomic E-state index is 13.7. The molecule has 4 rings (SSSR count). The van der Waals surface area contributed by atoms with Gasteiger partial charge in [0.15, 0.2) is 5.78 Å². The Balaban J connectivity index is 1.72. The van der Waals surface area contributed by atoms with Crippen molar-refractivity contribution in [3.05, 3.63) is 81.0 Å². The lowest BCUT2D eigenvalue weighted by atomic mass is 9.85. The van der Waals surface area contributed by atoms with Crippen LogP contribution in [0.2, 0.25) is 0 Å². The molecule has 1 aliphatic rings. The summed E-state index contributed by atoms with van der Waals surface area (Å²) in [7, 11) is -3.80. The molecule has 1 aromatic heterocycles. The van der Waals surface area contributed by atoms with E-state index < -0.39 is 16.1 Å². The Kier molecular flexibility index (Phi) is 7.99.